The Morgan fingerprint density at radius 1 is 1.07 bits per heavy atom. The summed E-state index contributed by atoms with van der Waals surface area (Å²) >= 11 is 0. The molecule has 3 aliphatic rings. The van der Waals surface area contributed by atoms with E-state index < -0.39 is 0 Å². The Labute approximate surface area is 92.7 Å². The minimum atomic E-state index is 0.411. The lowest BCUT2D eigenvalue weighted by Gasteiger charge is -2.52. The molecule has 86 valence electrons. The lowest BCUT2D eigenvalue weighted by Crippen LogP contribution is -2.59. The van der Waals surface area contributed by atoms with E-state index >= 15 is 0 Å². The third-order valence-corrected chi connectivity index (χ3v) is 5.06. The van der Waals surface area contributed by atoms with Crippen LogP contribution in [0.15, 0.2) is 0 Å². The van der Waals surface area contributed by atoms with Gasteiger partial charge in [-0.05, 0) is 37.0 Å². The van der Waals surface area contributed by atoms with Crippen LogP contribution in [0.2, 0.25) is 0 Å². The lowest BCUT2D eigenvalue weighted by molar-refractivity contribution is -0.0436. The second-order valence-electron chi connectivity index (χ2n) is 6.05. The van der Waals surface area contributed by atoms with Crippen molar-refractivity contribution >= 4 is 0 Å². The Bertz CT molecular complexity index is 227. The minimum absolute atomic E-state index is 0.411. The SMILES string of the molecule is OCC1CCCC1N1CC2(CCCC2)C1. The number of hydrogen-bond donors (Lipinski definition) is 1. The van der Waals surface area contributed by atoms with Gasteiger partial charge in [0.2, 0.25) is 0 Å². The van der Waals surface area contributed by atoms with Crippen molar-refractivity contribution in [3.8, 4) is 0 Å². The Morgan fingerprint density at radius 3 is 2.47 bits per heavy atom. The predicted octanol–water partition coefficient (Wildman–Crippen LogP) is 2.02. The highest BCUT2D eigenvalue weighted by molar-refractivity contribution is 5.02. The van der Waals surface area contributed by atoms with Gasteiger partial charge in [0, 0.05) is 25.7 Å². The van der Waals surface area contributed by atoms with E-state index in [-0.39, 0.29) is 0 Å². The highest BCUT2D eigenvalue weighted by Crippen LogP contribution is 2.48. The van der Waals surface area contributed by atoms with Crippen LogP contribution >= 0.6 is 0 Å². The summed E-state index contributed by atoms with van der Waals surface area (Å²) in [4.78, 5) is 2.67. The second kappa shape index (κ2) is 3.74. The van der Waals surface area contributed by atoms with Crippen molar-refractivity contribution in [3.05, 3.63) is 0 Å². The van der Waals surface area contributed by atoms with E-state index in [4.69, 9.17) is 0 Å². The number of aliphatic hydroxyl groups excluding tert-OH is 1. The summed E-state index contributed by atoms with van der Waals surface area (Å²) in [6, 6.07) is 0.723. The minimum Gasteiger partial charge on any atom is -0.396 e. The Morgan fingerprint density at radius 2 is 1.80 bits per heavy atom. The number of nitrogens with zero attached hydrogens (tertiary/aromatic N) is 1. The zero-order valence-electron chi connectivity index (χ0n) is 9.62. The van der Waals surface area contributed by atoms with Crippen molar-refractivity contribution < 1.29 is 5.11 Å². The molecule has 0 aromatic heterocycles. The zero-order chi connectivity index (χ0) is 10.3. The van der Waals surface area contributed by atoms with Crippen LogP contribution in [0.5, 0.6) is 0 Å². The van der Waals surface area contributed by atoms with Crippen LogP contribution in [0.3, 0.4) is 0 Å². The van der Waals surface area contributed by atoms with Crippen LogP contribution in [0, 0.1) is 11.3 Å². The Hall–Kier alpha value is -0.0800. The van der Waals surface area contributed by atoms with Crippen molar-refractivity contribution in [3.63, 3.8) is 0 Å². The predicted molar refractivity (Wildman–Crippen MR) is 60.7 cm³/mol. The smallest absolute Gasteiger partial charge is 0.0474 e. The Balaban J connectivity index is 1.57. The summed E-state index contributed by atoms with van der Waals surface area (Å²) in [7, 11) is 0. The average Bonchev–Trinajstić information content (AvgIpc) is 2.83. The van der Waals surface area contributed by atoms with E-state index in [2.05, 4.69) is 4.90 Å². The van der Waals surface area contributed by atoms with Gasteiger partial charge in [-0.25, -0.2) is 0 Å². The van der Waals surface area contributed by atoms with Crippen molar-refractivity contribution in [2.24, 2.45) is 11.3 Å². The van der Waals surface area contributed by atoms with Crippen LogP contribution in [-0.2, 0) is 0 Å². The van der Waals surface area contributed by atoms with Gasteiger partial charge in [-0.1, -0.05) is 19.3 Å². The van der Waals surface area contributed by atoms with E-state index in [1.54, 1.807) is 0 Å². The standard InChI is InChI=1S/C13H23NO/c15-8-11-4-3-5-12(11)14-9-13(10-14)6-1-2-7-13/h11-12,15H,1-10H2. The summed E-state index contributed by atoms with van der Waals surface area (Å²) in [5.41, 5.74) is 0.725. The van der Waals surface area contributed by atoms with Gasteiger partial charge < -0.3 is 5.11 Å². The Kier molecular flexibility index (Phi) is 2.52. The molecular formula is C13H23NO. The number of rotatable bonds is 2. The van der Waals surface area contributed by atoms with Crippen LogP contribution in [-0.4, -0.2) is 35.7 Å². The van der Waals surface area contributed by atoms with Gasteiger partial charge in [0.15, 0.2) is 0 Å². The fraction of sp³-hybridized carbons (Fsp3) is 1.00. The summed E-state index contributed by atoms with van der Waals surface area (Å²) in [5, 5.41) is 9.34. The fourth-order valence-corrected chi connectivity index (χ4v) is 4.20. The molecule has 1 saturated heterocycles. The maximum atomic E-state index is 9.34. The van der Waals surface area contributed by atoms with E-state index in [1.165, 1.54) is 58.0 Å². The first kappa shape index (κ1) is 10.1. The molecule has 1 N–H and O–H groups in total. The molecule has 2 nitrogen and oxygen atoms in total. The third-order valence-electron chi connectivity index (χ3n) is 5.06. The summed E-state index contributed by atoms with van der Waals surface area (Å²) in [5.74, 6) is 0.587. The molecule has 3 fully saturated rings. The molecule has 2 heteroatoms. The normalized spacial score (nSPS) is 39.8. The first-order valence-electron chi connectivity index (χ1n) is 6.68. The molecule has 0 aromatic rings. The van der Waals surface area contributed by atoms with E-state index in [1.807, 2.05) is 0 Å². The van der Waals surface area contributed by atoms with E-state index in [0.717, 1.165) is 11.5 Å². The quantitative estimate of drug-likeness (QED) is 0.752. The molecule has 2 aliphatic carbocycles. The lowest BCUT2D eigenvalue weighted by atomic mass is 9.76. The van der Waals surface area contributed by atoms with Crippen molar-refractivity contribution in [2.75, 3.05) is 19.7 Å². The van der Waals surface area contributed by atoms with E-state index in [9.17, 15) is 5.11 Å². The van der Waals surface area contributed by atoms with Crippen LogP contribution in [0.4, 0.5) is 0 Å². The molecule has 2 unspecified atom stereocenters. The van der Waals surface area contributed by atoms with Gasteiger partial charge in [0.25, 0.3) is 0 Å². The molecule has 1 heterocycles. The van der Waals surface area contributed by atoms with Gasteiger partial charge in [-0.2, -0.15) is 0 Å². The van der Waals surface area contributed by atoms with Crippen LogP contribution in [0.1, 0.15) is 44.9 Å². The molecule has 2 atom stereocenters. The molecule has 0 aromatic carbocycles. The first-order valence-corrected chi connectivity index (χ1v) is 6.68. The highest BCUT2D eigenvalue weighted by Gasteiger charge is 2.48. The van der Waals surface area contributed by atoms with Gasteiger partial charge in [-0.15, -0.1) is 0 Å². The molecule has 0 bridgehead atoms. The molecule has 1 aliphatic heterocycles. The molecule has 0 radical (unpaired) electrons. The maximum absolute atomic E-state index is 9.34. The number of aliphatic hydroxyl groups is 1. The van der Waals surface area contributed by atoms with E-state index in [0.29, 0.717) is 12.5 Å². The highest BCUT2D eigenvalue weighted by atomic mass is 16.3. The topological polar surface area (TPSA) is 23.5 Å². The molecule has 2 saturated carbocycles. The summed E-state index contributed by atoms with van der Waals surface area (Å²) in [6.07, 6.45) is 9.79. The van der Waals surface area contributed by atoms with Crippen molar-refractivity contribution in [1.82, 2.24) is 4.90 Å². The third kappa shape index (κ3) is 1.62. The largest absolute Gasteiger partial charge is 0.396 e. The summed E-state index contributed by atoms with van der Waals surface area (Å²) < 4.78 is 0. The molecule has 3 rings (SSSR count). The summed E-state index contributed by atoms with van der Waals surface area (Å²) in [6.45, 7) is 3.09. The first-order chi connectivity index (χ1) is 7.33. The van der Waals surface area contributed by atoms with Gasteiger partial charge in [-0.3, -0.25) is 4.90 Å². The van der Waals surface area contributed by atoms with Gasteiger partial charge in [0.05, 0.1) is 0 Å². The van der Waals surface area contributed by atoms with Crippen molar-refractivity contribution in [2.45, 2.75) is 51.0 Å². The molecule has 0 amide bonds. The average molecular weight is 209 g/mol. The van der Waals surface area contributed by atoms with Gasteiger partial charge in [0.1, 0.15) is 0 Å². The fourth-order valence-electron chi connectivity index (χ4n) is 4.20. The number of likely N-dealkylation sites (tertiary alicyclic amines) is 1. The maximum Gasteiger partial charge on any atom is 0.0474 e. The van der Waals surface area contributed by atoms with Crippen LogP contribution < -0.4 is 0 Å². The van der Waals surface area contributed by atoms with Gasteiger partial charge >= 0.3 is 0 Å². The molecule has 1 spiro atoms. The number of hydrogen-bond acceptors (Lipinski definition) is 2. The molecule has 15 heavy (non-hydrogen) atoms. The second-order valence-corrected chi connectivity index (χ2v) is 6.05. The van der Waals surface area contributed by atoms with Crippen LogP contribution in [0.25, 0.3) is 0 Å². The monoisotopic (exact) mass is 209 g/mol. The molecular weight excluding hydrogens is 186 g/mol. The van der Waals surface area contributed by atoms with Crippen molar-refractivity contribution in [1.29, 1.82) is 0 Å². The zero-order valence-corrected chi connectivity index (χ0v) is 9.62.